The van der Waals surface area contributed by atoms with Crippen molar-refractivity contribution in [2.45, 2.75) is 5.92 Å². The van der Waals surface area contributed by atoms with Crippen molar-refractivity contribution in [2.75, 3.05) is 13.3 Å². The minimum absolute atomic E-state index is 0.102. The second-order valence-electron chi connectivity index (χ2n) is 6.57. The standard InChI is InChI=1S/C24H21NO3/c26-24(14-12-18-11-13-22-23(15-18)28-17-27-22)25-16-21(19-7-3-1-4-8-19)20-9-5-2-6-10-20/h1-15,21H,16-17H2,(H,25,26). The van der Waals surface area contributed by atoms with Crippen LogP contribution in [0.1, 0.15) is 22.6 Å². The van der Waals surface area contributed by atoms with Gasteiger partial charge in [0.2, 0.25) is 12.7 Å². The second kappa shape index (κ2) is 8.44. The zero-order valence-corrected chi connectivity index (χ0v) is 15.4. The van der Waals surface area contributed by atoms with E-state index in [1.54, 1.807) is 12.2 Å². The third-order valence-electron chi connectivity index (χ3n) is 4.71. The number of fused-ring (bicyclic) bond motifs is 1. The van der Waals surface area contributed by atoms with E-state index in [0.29, 0.717) is 12.3 Å². The Bertz CT molecular complexity index is 928. The van der Waals surface area contributed by atoms with Crippen molar-refractivity contribution in [3.63, 3.8) is 0 Å². The average molecular weight is 371 g/mol. The first kappa shape index (κ1) is 17.9. The van der Waals surface area contributed by atoms with Crippen LogP contribution < -0.4 is 14.8 Å². The number of amides is 1. The largest absolute Gasteiger partial charge is 0.454 e. The molecule has 140 valence electrons. The molecule has 3 aromatic carbocycles. The molecule has 0 saturated heterocycles. The van der Waals surface area contributed by atoms with Crippen molar-refractivity contribution in [2.24, 2.45) is 0 Å². The molecule has 0 bridgehead atoms. The number of nitrogens with one attached hydrogen (secondary N) is 1. The fourth-order valence-electron chi connectivity index (χ4n) is 3.25. The van der Waals surface area contributed by atoms with Gasteiger partial charge in [-0.2, -0.15) is 0 Å². The Balaban J connectivity index is 1.43. The molecule has 4 rings (SSSR count). The van der Waals surface area contributed by atoms with Crippen LogP contribution in [0.25, 0.3) is 6.08 Å². The van der Waals surface area contributed by atoms with Crippen LogP contribution in [0.5, 0.6) is 11.5 Å². The summed E-state index contributed by atoms with van der Waals surface area (Å²) in [6.07, 6.45) is 3.32. The van der Waals surface area contributed by atoms with Gasteiger partial charge in [-0.15, -0.1) is 0 Å². The molecule has 4 nitrogen and oxygen atoms in total. The molecule has 1 amide bonds. The number of hydrogen-bond donors (Lipinski definition) is 1. The first-order valence-corrected chi connectivity index (χ1v) is 9.25. The predicted molar refractivity (Wildman–Crippen MR) is 109 cm³/mol. The molecule has 0 saturated carbocycles. The van der Waals surface area contributed by atoms with E-state index < -0.39 is 0 Å². The van der Waals surface area contributed by atoms with Gasteiger partial charge < -0.3 is 14.8 Å². The normalized spacial score (nSPS) is 12.5. The van der Waals surface area contributed by atoms with Crippen LogP contribution in [-0.2, 0) is 4.79 Å². The molecule has 0 fully saturated rings. The Morgan fingerprint density at radius 3 is 2.21 bits per heavy atom. The number of hydrogen-bond acceptors (Lipinski definition) is 3. The summed E-state index contributed by atoms with van der Waals surface area (Å²) >= 11 is 0. The van der Waals surface area contributed by atoms with Crippen molar-refractivity contribution < 1.29 is 14.3 Å². The van der Waals surface area contributed by atoms with Crippen molar-refractivity contribution in [3.05, 3.63) is 102 Å². The number of benzene rings is 3. The summed E-state index contributed by atoms with van der Waals surface area (Å²) in [6, 6.07) is 26.0. The summed E-state index contributed by atoms with van der Waals surface area (Å²) in [6.45, 7) is 0.766. The van der Waals surface area contributed by atoms with Crippen LogP contribution in [0.4, 0.5) is 0 Å². The molecule has 1 aliphatic heterocycles. The van der Waals surface area contributed by atoms with Crippen molar-refractivity contribution in [1.82, 2.24) is 5.32 Å². The van der Waals surface area contributed by atoms with E-state index in [2.05, 4.69) is 29.6 Å². The van der Waals surface area contributed by atoms with Gasteiger partial charge in [0.15, 0.2) is 11.5 Å². The smallest absolute Gasteiger partial charge is 0.244 e. The monoisotopic (exact) mass is 371 g/mol. The van der Waals surface area contributed by atoms with Crippen LogP contribution in [0, 0.1) is 0 Å². The number of ether oxygens (including phenoxy) is 2. The second-order valence-corrected chi connectivity index (χ2v) is 6.57. The lowest BCUT2D eigenvalue weighted by Gasteiger charge is -2.18. The maximum atomic E-state index is 12.4. The van der Waals surface area contributed by atoms with E-state index in [9.17, 15) is 4.79 Å². The van der Waals surface area contributed by atoms with Gasteiger partial charge in [-0.05, 0) is 34.9 Å². The highest BCUT2D eigenvalue weighted by molar-refractivity contribution is 5.91. The van der Waals surface area contributed by atoms with Gasteiger partial charge in [-0.1, -0.05) is 66.7 Å². The van der Waals surface area contributed by atoms with E-state index >= 15 is 0 Å². The van der Waals surface area contributed by atoms with Crippen LogP contribution in [0.15, 0.2) is 84.9 Å². The Kier molecular flexibility index (Phi) is 5.38. The van der Waals surface area contributed by atoms with Gasteiger partial charge in [0.1, 0.15) is 0 Å². The van der Waals surface area contributed by atoms with E-state index in [1.165, 1.54) is 11.1 Å². The quantitative estimate of drug-likeness (QED) is 0.654. The molecule has 0 aliphatic carbocycles. The lowest BCUT2D eigenvalue weighted by atomic mass is 9.91. The number of rotatable bonds is 6. The summed E-state index contributed by atoms with van der Waals surface area (Å²) in [7, 11) is 0. The number of carbonyl (C=O) groups excluding carboxylic acids is 1. The third-order valence-corrected chi connectivity index (χ3v) is 4.71. The Labute approximate surface area is 164 Å². The fraction of sp³-hybridized carbons (Fsp3) is 0.125. The molecule has 3 aromatic rings. The summed E-state index contributed by atoms with van der Waals surface area (Å²) in [5.41, 5.74) is 3.24. The maximum absolute atomic E-state index is 12.4. The van der Waals surface area contributed by atoms with Gasteiger partial charge in [-0.3, -0.25) is 4.79 Å². The zero-order chi connectivity index (χ0) is 19.2. The molecule has 0 spiro atoms. The maximum Gasteiger partial charge on any atom is 0.244 e. The van der Waals surface area contributed by atoms with E-state index in [1.807, 2.05) is 54.6 Å². The average Bonchev–Trinajstić information content (AvgIpc) is 3.22. The number of carbonyl (C=O) groups is 1. The first-order valence-electron chi connectivity index (χ1n) is 9.25. The highest BCUT2D eigenvalue weighted by Crippen LogP contribution is 2.32. The van der Waals surface area contributed by atoms with Crippen LogP contribution in [0.2, 0.25) is 0 Å². The highest BCUT2D eigenvalue weighted by atomic mass is 16.7. The Hall–Kier alpha value is -3.53. The molecule has 0 unspecified atom stereocenters. The third kappa shape index (κ3) is 4.23. The lowest BCUT2D eigenvalue weighted by Crippen LogP contribution is -2.27. The SMILES string of the molecule is O=C(C=Cc1ccc2c(c1)OCO2)NCC(c1ccccc1)c1ccccc1. The summed E-state index contributed by atoms with van der Waals surface area (Å²) in [5.74, 6) is 1.41. The van der Waals surface area contributed by atoms with E-state index in [4.69, 9.17) is 9.47 Å². The minimum atomic E-state index is -0.130. The summed E-state index contributed by atoms with van der Waals surface area (Å²) < 4.78 is 10.7. The Morgan fingerprint density at radius 1 is 0.893 bits per heavy atom. The molecule has 0 atom stereocenters. The molecule has 4 heteroatoms. The van der Waals surface area contributed by atoms with Crippen LogP contribution >= 0.6 is 0 Å². The highest BCUT2D eigenvalue weighted by Gasteiger charge is 2.15. The summed E-state index contributed by atoms with van der Waals surface area (Å²) in [5, 5.41) is 3.02. The fourth-order valence-corrected chi connectivity index (χ4v) is 3.25. The van der Waals surface area contributed by atoms with E-state index in [-0.39, 0.29) is 18.6 Å². The Morgan fingerprint density at radius 2 is 1.54 bits per heavy atom. The van der Waals surface area contributed by atoms with Gasteiger partial charge in [0.25, 0.3) is 0 Å². The lowest BCUT2D eigenvalue weighted by molar-refractivity contribution is -0.116. The van der Waals surface area contributed by atoms with Crippen LogP contribution in [0.3, 0.4) is 0 Å². The van der Waals surface area contributed by atoms with Crippen LogP contribution in [-0.4, -0.2) is 19.2 Å². The molecular formula is C24H21NO3. The predicted octanol–water partition coefficient (Wildman–Crippen LogP) is 4.38. The summed E-state index contributed by atoms with van der Waals surface area (Å²) in [4.78, 5) is 12.4. The van der Waals surface area contributed by atoms with E-state index in [0.717, 1.165) is 11.3 Å². The first-order chi connectivity index (χ1) is 13.8. The molecule has 0 radical (unpaired) electrons. The molecule has 1 N–H and O–H groups in total. The zero-order valence-electron chi connectivity index (χ0n) is 15.4. The molecular weight excluding hydrogens is 350 g/mol. The topological polar surface area (TPSA) is 47.6 Å². The molecule has 28 heavy (non-hydrogen) atoms. The van der Waals surface area contributed by atoms with Crippen molar-refractivity contribution in [1.29, 1.82) is 0 Å². The van der Waals surface area contributed by atoms with Gasteiger partial charge in [0, 0.05) is 18.5 Å². The molecule has 1 heterocycles. The van der Waals surface area contributed by atoms with Crippen molar-refractivity contribution in [3.8, 4) is 11.5 Å². The van der Waals surface area contributed by atoms with Gasteiger partial charge in [0.05, 0.1) is 0 Å². The van der Waals surface area contributed by atoms with Gasteiger partial charge >= 0.3 is 0 Å². The molecule has 1 aliphatic rings. The molecule has 0 aromatic heterocycles. The van der Waals surface area contributed by atoms with Gasteiger partial charge in [-0.25, -0.2) is 0 Å². The van der Waals surface area contributed by atoms with Crippen molar-refractivity contribution >= 4 is 12.0 Å². The minimum Gasteiger partial charge on any atom is -0.454 e.